The molecule has 7 heteroatoms. The summed E-state index contributed by atoms with van der Waals surface area (Å²) in [5.41, 5.74) is 0.911. The van der Waals surface area contributed by atoms with Crippen LogP contribution in [0.5, 0.6) is 0 Å². The standard InChI is InChI=1S/C22H27ClN2O4/c1-22(2,3)29-21(27)25(14-16-9-6-5-7-10-16)15-19(20(26)28-4)24-18-12-8-11-17(23)13-18/h5-13,19,24H,14-15H2,1-4H3/t19-/m0/s1. The minimum Gasteiger partial charge on any atom is -0.467 e. The summed E-state index contributed by atoms with van der Waals surface area (Å²) in [5, 5.41) is 3.63. The number of amides is 1. The van der Waals surface area contributed by atoms with Gasteiger partial charge in [0.05, 0.1) is 13.7 Å². The van der Waals surface area contributed by atoms with Gasteiger partial charge in [-0.05, 0) is 44.5 Å². The van der Waals surface area contributed by atoms with Gasteiger partial charge in [-0.1, -0.05) is 48.0 Å². The summed E-state index contributed by atoms with van der Waals surface area (Å²) >= 11 is 6.04. The molecular weight excluding hydrogens is 392 g/mol. The normalized spacial score (nSPS) is 12.0. The highest BCUT2D eigenvalue weighted by Gasteiger charge is 2.28. The van der Waals surface area contributed by atoms with Gasteiger partial charge in [-0.2, -0.15) is 0 Å². The lowest BCUT2D eigenvalue weighted by Gasteiger charge is -2.30. The van der Waals surface area contributed by atoms with Gasteiger partial charge in [0, 0.05) is 17.3 Å². The van der Waals surface area contributed by atoms with E-state index in [1.165, 1.54) is 12.0 Å². The van der Waals surface area contributed by atoms with Crippen molar-refractivity contribution in [1.82, 2.24) is 4.90 Å². The molecule has 1 atom stereocenters. The van der Waals surface area contributed by atoms with Gasteiger partial charge in [-0.25, -0.2) is 9.59 Å². The second-order valence-corrected chi connectivity index (χ2v) is 8.01. The van der Waals surface area contributed by atoms with Crippen LogP contribution in [0.25, 0.3) is 0 Å². The van der Waals surface area contributed by atoms with Gasteiger partial charge in [0.1, 0.15) is 11.6 Å². The molecule has 29 heavy (non-hydrogen) atoms. The number of halogens is 1. The Labute approximate surface area is 176 Å². The van der Waals surface area contributed by atoms with E-state index in [4.69, 9.17) is 21.1 Å². The topological polar surface area (TPSA) is 67.9 Å². The molecule has 0 aliphatic carbocycles. The molecule has 0 bridgehead atoms. The monoisotopic (exact) mass is 418 g/mol. The lowest BCUT2D eigenvalue weighted by Crippen LogP contribution is -2.46. The number of nitrogens with zero attached hydrogens (tertiary/aromatic N) is 1. The Kier molecular flexibility index (Phi) is 7.91. The van der Waals surface area contributed by atoms with Crippen LogP contribution >= 0.6 is 11.6 Å². The maximum Gasteiger partial charge on any atom is 0.410 e. The van der Waals surface area contributed by atoms with Crippen molar-refractivity contribution in [3.05, 3.63) is 65.2 Å². The third-order valence-electron chi connectivity index (χ3n) is 3.92. The highest BCUT2D eigenvalue weighted by molar-refractivity contribution is 6.30. The minimum atomic E-state index is -0.797. The molecule has 0 radical (unpaired) electrons. The van der Waals surface area contributed by atoms with E-state index in [1.807, 2.05) is 30.3 Å². The Morgan fingerprint density at radius 1 is 1.10 bits per heavy atom. The summed E-state index contributed by atoms with van der Waals surface area (Å²) in [7, 11) is 1.31. The third-order valence-corrected chi connectivity index (χ3v) is 4.16. The molecule has 156 valence electrons. The molecule has 0 fully saturated rings. The second-order valence-electron chi connectivity index (χ2n) is 7.58. The van der Waals surface area contributed by atoms with Gasteiger partial charge in [0.25, 0.3) is 0 Å². The fourth-order valence-corrected chi connectivity index (χ4v) is 2.85. The SMILES string of the molecule is COC(=O)[C@H](CN(Cc1ccccc1)C(=O)OC(C)(C)C)Nc1cccc(Cl)c1. The first-order valence-electron chi connectivity index (χ1n) is 9.30. The van der Waals surface area contributed by atoms with Crippen molar-refractivity contribution < 1.29 is 19.1 Å². The number of benzene rings is 2. The minimum absolute atomic E-state index is 0.0585. The van der Waals surface area contributed by atoms with Crippen molar-refractivity contribution in [3.63, 3.8) is 0 Å². The van der Waals surface area contributed by atoms with E-state index in [-0.39, 0.29) is 6.54 Å². The first kappa shape index (κ1) is 22.6. The van der Waals surface area contributed by atoms with Gasteiger partial charge in [-0.3, -0.25) is 0 Å². The van der Waals surface area contributed by atoms with Crippen LogP contribution in [0, 0.1) is 0 Å². The second kappa shape index (κ2) is 10.2. The van der Waals surface area contributed by atoms with E-state index in [9.17, 15) is 9.59 Å². The Bertz CT molecular complexity index is 821. The van der Waals surface area contributed by atoms with Crippen LogP contribution in [0.2, 0.25) is 5.02 Å². The summed E-state index contributed by atoms with van der Waals surface area (Å²) in [4.78, 5) is 26.7. The number of esters is 1. The Hall–Kier alpha value is -2.73. The van der Waals surface area contributed by atoms with Gasteiger partial charge in [0.15, 0.2) is 0 Å². The number of hydrogen-bond acceptors (Lipinski definition) is 5. The molecule has 0 spiro atoms. The van der Waals surface area contributed by atoms with E-state index in [1.54, 1.807) is 45.0 Å². The van der Waals surface area contributed by atoms with Gasteiger partial charge < -0.3 is 19.7 Å². The zero-order valence-corrected chi connectivity index (χ0v) is 17.9. The molecule has 6 nitrogen and oxygen atoms in total. The van der Waals surface area contributed by atoms with Crippen molar-refractivity contribution in [3.8, 4) is 0 Å². The average Bonchev–Trinajstić information content (AvgIpc) is 2.65. The van der Waals surface area contributed by atoms with Crippen LogP contribution in [0.15, 0.2) is 54.6 Å². The third kappa shape index (κ3) is 7.66. The molecule has 0 unspecified atom stereocenters. The van der Waals surface area contributed by atoms with Crippen LogP contribution in [-0.4, -0.2) is 42.3 Å². The quantitative estimate of drug-likeness (QED) is 0.658. The van der Waals surface area contributed by atoms with Crippen LogP contribution in [0.4, 0.5) is 10.5 Å². The highest BCUT2D eigenvalue weighted by Crippen LogP contribution is 2.18. The summed E-state index contributed by atoms with van der Waals surface area (Å²) in [5.74, 6) is -0.494. The number of ether oxygens (including phenoxy) is 2. The van der Waals surface area contributed by atoms with Crippen LogP contribution in [-0.2, 0) is 20.8 Å². The van der Waals surface area contributed by atoms with Gasteiger partial charge >= 0.3 is 12.1 Å². The molecule has 0 saturated carbocycles. The first-order valence-corrected chi connectivity index (χ1v) is 9.67. The molecule has 0 aromatic heterocycles. The lowest BCUT2D eigenvalue weighted by atomic mass is 10.2. The molecule has 0 saturated heterocycles. The zero-order valence-electron chi connectivity index (χ0n) is 17.1. The van der Waals surface area contributed by atoms with Crippen LogP contribution < -0.4 is 5.32 Å². The summed E-state index contributed by atoms with van der Waals surface area (Å²) < 4.78 is 10.5. The smallest absolute Gasteiger partial charge is 0.410 e. The molecule has 1 amide bonds. The van der Waals surface area contributed by atoms with Gasteiger partial charge in [0.2, 0.25) is 0 Å². The maximum absolute atomic E-state index is 12.8. The predicted octanol–water partition coefficient (Wildman–Crippen LogP) is 4.73. The van der Waals surface area contributed by atoms with Crippen molar-refractivity contribution in [2.75, 3.05) is 19.0 Å². The number of carbonyl (C=O) groups excluding carboxylic acids is 2. The zero-order chi connectivity index (χ0) is 21.4. The summed E-state index contributed by atoms with van der Waals surface area (Å²) in [6, 6.07) is 15.7. The largest absolute Gasteiger partial charge is 0.467 e. The maximum atomic E-state index is 12.8. The van der Waals surface area contributed by atoms with E-state index >= 15 is 0 Å². The molecular formula is C22H27ClN2O4. The van der Waals surface area contributed by atoms with E-state index in [2.05, 4.69) is 5.32 Å². The van der Waals surface area contributed by atoms with Crippen molar-refractivity contribution in [2.45, 2.75) is 39.0 Å². The highest BCUT2D eigenvalue weighted by atomic mass is 35.5. The number of nitrogens with one attached hydrogen (secondary N) is 1. The van der Waals surface area contributed by atoms with Crippen molar-refractivity contribution >= 4 is 29.4 Å². The fraction of sp³-hybridized carbons (Fsp3) is 0.364. The van der Waals surface area contributed by atoms with E-state index in [0.717, 1.165) is 5.56 Å². The molecule has 1 N–H and O–H groups in total. The molecule has 0 heterocycles. The van der Waals surface area contributed by atoms with E-state index < -0.39 is 23.7 Å². The number of anilines is 1. The first-order chi connectivity index (χ1) is 13.7. The van der Waals surface area contributed by atoms with Gasteiger partial charge in [-0.15, -0.1) is 0 Å². The number of carbonyl (C=O) groups is 2. The van der Waals surface area contributed by atoms with Crippen LogP contribution in [0.1, 0.15) is 26.3 Å². The number of methoxy groups -OCH3 is 1. The van der Waals surface area contributed by atoms with Crippen molar-refractivity contribution in [2.24, 2.45) is 0 Å². The van der Waals surface area contributed by atoms with E-state index in [0.29, 0.717) is 17.3 Å². The Balaban J connectivity index is 2.25. The number of hydrogen-bond donors (Lipinski definition) is 1. The van der Waals surface area contributed by atoms with Crippen molar-refractivity contribution in [1.29, 1.82) is 0 Å². The Morgan fingerprint density at radius 2 is 1.79 bits per heavy atom. The lowest BCUT2D eigenvalue weighted by molar-refractivity contribution is -0.141. The molecule has 2 aromatic rings. The summed E-state index contributed by atoms with van der Waals surface area (Å²) in [6.07, 6.45) is -0.511. The average molecular weight is 419 g/mol. The number of rotatable bonds is 7. The van der Waals surface area contributed by atoms with Crippen LogP contribution in [0.3, 0.4) is 0 Å². The molecule has 0 aliphatic rings. The molecule has 2 rings (SSSR count). The predicted molar refractivity (Wildman–Crippen MR) is 114 cm³/mol. The summed E-state index contributed by atoms with van der Waals surface area (Å²) in [6.45, 7) is 5.75. The molecule has 2 aromatic carbocycles. The molecule has 0 aliphatic heterocycles. The Morgan fingerprint density at radius 3 is 2.38 bits per heavy atom. The fourth-order valence-electron chi connectivity index (χ4n) is 2.66.